The Bertz CT molecular complexity index is 2230. The molecule has 0 spiro atoms. The lowest BCUT2D eigenvalue weighted by Crippen LogP contribution is -2.60. The van der Waals surface area contributed by atoms with Crippen molar-refractivity contribution in [3.8, 4) is 0 Å². The van der Waals surface area contributed by atoms with Crippen LogP contribution in [-0.2, 0) is 23.7 Å². The summed E-state index contributed by atoms with van der Waals surface area (Å²) in [6, 6.07) is 0. The van der Waals surface area contributed by atoms with Crippen molar-refractivity contribution < 1.29 is 28.8 Å². The molecular weight excluding hydrogens is 1440 g/mol. The highest BCUT2D eigenvalue weighted by Gasteiger charge is 2.54. The second-order valence-electron chi connectivity index (χ2n) is 45.7. The van der Waals surface area contributed by atoms with Crippen LogP contribution in [0.3, 0.4) is 0 Å². The van der Waals surface area contributed by atoms with Crippen molar-refractivity contribution in [1.29, 1.82) is 0 Å². The van der Waals surface area contributed by atoms with Gasteiger partial charge in [0.25, 0.3) is 0 Å². The van der Waals surface area contributed by atoms with E-state index in [9.17, 15) is 5.11 Å². The maximum atomic E-state index is 12.6. The molecule has 0 aliphatic carbocycles. The maximum absolute atomic E-state index is 12.6. The SMILES string of the molecule is CCCCCCCCC1OC1CCCCCCCCCCCCCCCCCCCCCCOC1CCC(C(C)(CCCC(C)CCCC(C)CCCC(C)C)OC(C)(CCCC(C)CCCC(C)CCCC(C)C)C2CCC(C(C)(O)CCCC(C)CCCC(C)CCCC(C)C)O2)OC1(C)CCCC(C)CCCC(C)CCCC(C)C. The number of unbranched alkanes of at least 4 members (excludes halogenated alkanes) is 24. The second kappa shape index (κ2) is 67.9. The van der Waals surface area contributed by atoms with Gasteiger partial charge >= 0.3 is 0 Å². The van der Waals surface area contributed by atoms with Crippen LogP contribution in [-0.4, -0.2) is 70.7 Å². The number of hydrogen-bond donors (Lipinski definition) is 1. The van der Waals surface area contributed by atoms with E-state index in [1.54, 1.807) is 0 Å². The lowest BCUT2D eigenvalue weighted by molar-refractivity contribution is -0.287. The highest BCUT2D eigenvalue weighted by atomic mass is 16.6. The zero-order valence-electron chi connectivity index (χ0n) is 84.7. The van der Waals surface area contributed by atoms with E-state index in [4.69, 9.17) is 23.7 Å². The summed E-state index contributed by atoms with van der Waals surface area (Å²) in [4.78, 5) is 0. The molecule has 0 aromatic carbocycles. The van der Waals surface area contributed by atoms with E-state index in [2.05, 4.69) is 145 Å². The summed E-state index contributed by atoms with van der Waals surface area (Å²) in [6.45, 7) is 51.8. The van der Waals surface area contributed by atoms with Gasteiger partial charge in [0.2, 0.25) is 0 Å². The van der Waals surface area contributed by atoms with Crippen molar-refractivity contribution in [2.75, 3.05) is 6.61 Å². The molecule has 3 fully saturated rings. The Morgan fingerprint density at radius 3 is 0.907 bits per heavy atom. The van der Waals surface area contributed by atoms with E-state index < -0.39 is 22.4 Å². The van der Waals surface area contributed by atoms with Crippen molar-refractivity contribution in [3.63, 3.8) is 0 Å². The third-order valence-corrected chi connectivity index (χ3v) is 30.5. The van der Waals surface area contributed by atoms with Crippen LogP contribution in [0.15, 0.2) is 0 Å². The standard InChI is InChI=1S/C112H220O6/c1-22-23-24-25-42-45-80-103-104(115-103)81-46-43-40-38-36-34-32-30-28-26-27-29-31-33-35-37-39-41-44-47-90-114-106-83-85-108(117-110(106,19)87-57-77-100(15)73-53-69-96(11)65-49-61-92(4)5)112(21,89-59-79-102(17)75-55-71-98(13)67-51-63-94(8)9)118-111(20,88-58-78-101(16)74-54-70-97(12)66-50-62-93(6)7)107-84-82-105(116-107)109(18,113)86-56-76-99(14)72-52-68-95(10)64-48-60-91(2)3/h91-108,113H,22-90H2,1-21H3. The predicted octanol–water partition coefficient (Wildman–Crippen LogP) is 36.6. The van der Waals surface area contributed by atoms with Crippen LogP contribution in [0.25, 0.3) is 0 Å². The highest BCUT2D eigenvalue weighted by Crippen LogP contribution is 2.48. The molecule has 3 rings (SSSR count). The molecule has 704 valence electrons. The van der Waals surface area contributed by atoms with Crippen LogP contribution in [0.2, 0.25) is 0 Å². The van der Waals surface area contributed by atoms with E-state index in [1.807, 2.05) is 0 Å². The molecule has 3 aliphatic heterocycles. The van der Waals surface area contributed by atoms with E-state index in [-0.39, 0.29) is 24.4 Å². The largest absolute Gasteiger partial charge is 0.387 e. The van der Waals surface area contributed by atoms with Crippen molar-refractivity contribution in [2.24, 2.45) is 71.0 Å². The first-order chi connectivity index (χ1) is 56.5. The Hall–Kier alpha value is -0.240. The van der Waals surface area contributed by atoms with Gasteiger partial charge < -0.3 is 28.8 Å². The maximum Gasteiger partial charge on any atom is 0.0924 e. The Kier molecular flexibility index (Phi) is 64.4. The summed E-state index contributed by atoms with van der Waals surface area (Å²) < 4.78 is 37.1. The molecule has 118 heavy (non-hydrogen) atoms. The number of epoxide rings is 1. The van der Waals surface area contributed by atoms with Gasteiger partial charge in [0.15, 0.2) is 0 Å². The minimum Gasteiger partial charge on any atom is -0.387 e. The van der Waals surface area contributed by atoms with Gasteiger partial charge in [-0.2, -0.15) is 0 Å². The molecule has 6 nitrogen and oxygen atoms in total. The number of rotatable bonds is 84. The summed E-state index contributed by atoms with van der Waals surface area (Å²) in [5.41, 5.74) is -2.31. The summed E-state index contributed by atoms with van der Waals surface area (Å²) in [5, 5.41) is 12.6. The van der Waals surface area contributed by atoms with Crippen molar-refractivity contribution in [3.05, 3.63) is 0 Å². The van der Waals surface area contributed by atoms with Gasteiger partial charge in [-0.05, 0) is 169 Å². The van der Waals surface area contributed by atoms with Gasteiger partial charge in [-0.1, -0.05) is 484 Å². The quantitative estimate of drug-likeness (QED) is 0.0483. The second-order valence-corrected chi connectivity index (χ2v) is 45.7. The molecule has 0 saturated carbocycles. The third kappa shape index (κ3) is 56.2. The minimum atomic E-state index is -0.874. The highest BCUT2D eigenvalue weighted by molar-refractivity contribution is 5.02. The zero-order chi connectivity index (χ0) is 86.7. The number of hydrogen-bond acceptors (Lipinski definition) is 6. The van der Waals surface area contributed by atoms with E-state index in [0.29, 0.717) is 35.9 Å². The lowest BCUT2D eigenvalue weighted by atomic mass is 9.78. The smallest absolute Gasteiger partial charge is 0.0924 e. The van der Waals surface area contributed by atoms with Crippen LogP contribution in [0.1, 0.15) is 582 Å². The van der Waals surface area contributed by atoms with Gasteiger partial charge in [0, 0.05) is 6.61 Å². The Morgan fingerprint density at radius 1 is 0.297 bits per heavy atom. The van der Waals surface area contributed by atoms with Crippen molar-refractivity contribution in [2.45, 2.75) is 641 Å². The van der Waals surface area contributed by atoms with Crippen molar-refractivity contribution >= 4 is 0 Å². The van der Waals surface area contributed by atoms with Gasteiger partial charge in [0.05, 0.1) is 59.0 Å². The molecule has 3 aliphatic rings. The monoisotopic (exact) mass is 1660 g/mol. The first-order valence-electron chi connectivity index (χ1n) is 54.5. The number of aliphatic hydroxyl groups is 1. The summed E-state index contributed by atoms with van der Waals surface area (Å²) in [6.07, 6.45) is 89.5. The molecule has 0 bridgehead atoms. The molecular formula is C112H220O6. The van der Waals surface area contributed by atoms with Gasteiger partial charge in [-0.25, -0.2) is 0 Å². The molecule has 6 heteroatoms. The zero-order valence-corrected chi connectivity index (χ0v) is 84.7. The fraction of sp³-hybridized carbons (Fsp3) is 1.00. The van der Waals surface area contributed by atoms with Crippen LogP contribution in [0, 0.1) is 71.0 Å². The van der Waals surface area contributed by atoms with Crippen LogP contribution < -0.4 is 0 Å². The predicted molar refractivity (Wildman–Crippen MR) is 521 cm³/mol. The fourth-order valence-corrected chi connectivity index (χ4v) is 21.6. The van der Waals surface area contributed by atoms with E-state index in [0.717, 1.165) is 131 Å². The molecule has 0 radical (unpaired) electrons. The Balaban J connectivity index is 1.72. The Labute approximate surface area is 743 Å². The van der Waals surface area contributed by atoms with E-state index in [1.165, 1.54) is 360 Å². The molecule has 18 atom stereocenters. The normalized spacial score (nSPS) is 22.9. The van der Waals surface area contributed by atoms with Gasteiger partial charge in [0.1, 0.15) is 0 Å². The van der Waals surface area contributed by atoms with Crippen LogP contribution in [0.4, 0.5) is 0 Å². The molecule has 1 N–H and O–H groups in total. The summed E-state index contributed by atoms with van der Waals surface area (Å²) in [7, 11) is 0. The Morgan fingerprint density at radius 2 is 0.568 bits per heavy atom. The first kappa shape index (κ1) is 112. The van der Waals surface area contributed by atoms with Crippen molar-refractivity contribution in [1.82, 2.24) is 0 Å². The number of ether oxygens (including phenoxy) is 5. The van der Waals surface area contributed by atoms with Gasteiger partial charge in [-0.3, -0.25) is 0 Å². The van der Waals surface area contributed by atoms with E-state index >= 15 is 0 Å². The minimum absolute atomic E-state index is 0.0453. The molecule has 0 amide bonds. The molecule has 3 heterocycles. The van der Waals surface area contributed by atoms with Crippen LogP contribution in [0.5, 0.6) is 0 Å². The summed E-state index contributed by atoms with van der Waals surface area (Å²) >= 11 is 0. The average molecular weight is 1660 g/mol. The topological polar surface area (TPSA) is 69.7 Å². The molecule has 3 saturated heterocycles. The average Bonchev–Trinajstić information content (AvgIpc) is 1.24. The van der Waals surface area contributed by atoms with Crippen LogP contribution >= 0.6 is 0 Å². The first-order valence-corrected chi connectivity index (χ1v) is 54.5. The molecule has 18 unspecified atom stereocenters. The third-order valence-electron chi connectivity index (χ3n) is 30.5. The summed E-state index contributed by atoms with van der Waals surface area (Å²) in [5.74, 6) is 9.28. The lowest BCUT2D eigenvalue weighted by Gasteiger charge is -2.53. The fourth-order valence-electron chi connectivity index (χ4n) is 21.6. The molecule has 0 aromatic heterocycles. The van der Waals surface area contributed by atoms with Gasteiger partial charge in [-0.15, -0.1) is 0 Å². The molecule has 0 aromatic rings.